The number of benzene rings is 3. The Morgan fingerprint density at radius 3 is 2.45 bits per heavy atom. The molecule has 0 saturated heterocycles. The maximum atomic E-state index is 11.5. The molecular weight excluding hydrogens is 633 g/mol. The Bertz CT molecular complexity index is 1230. The molecule has 3 aromatic rings. The van der Waals surface area contributed by atoms with E-state index in [2.05, 4.69) is 43.8 Å². The Kier molecular flexibility index (Phi) is 8.32. The van der Waals surface area contributed by atoms with Crippen molar-refractivity contribution in [3.8, 4) is 17.2 Å². The van der Waals surface area contributed by atoms with Crippen molar-refractivity contribution in [3.05, 3.63) is 87.4 Å². The molecule has 12 heteroatoms. The topological polar surface area (TPSA) is 117 Å². The minimum atomic E-state index is -0.725. The number of hydrogen-bond acceptors (Lipinski definition) is 7. The molecule has 0 radical (unpaired) electrons. The number of non-ortho nitro benzene ring substituents is 1. The summed E-state index contributed by atoms with van der Waals surface area (Å²) >= 11 is 11.5. The lowest BCUT2D eigenvalue weighted by Crippen LogP contribution is -2.04. The molecule has 33 heavy (non-hydrogen) atoms. The van der Waals surface area contributed by atoms with Crippen LogP contribution in [0.2, 0.25) is 5.02 Å². The molecule has 0 saturated carbocycles. The van der Waals surface area contributed by atoms with E-state index in [4.69, 9.17) is 21.1 Å². The zero-order chi connectivity index (χ0) is 24.1. The fourth-order valence-electron chi connectivity index (χ4n) is 2.85. The van der Waals surface area contributed by atoms with Gasteiger partial charge in [-0.05, 0) is 87.4 Å². The van der Waals surface area contributed by atoms with Crippen molar-refractivity contribution in [1.82, 2.24) is 0 Å². The molecule has 9 nitrogen and oxygen atoms in total. The summed E-state index contributed by atoms with van der Waals surface area (Å²) in [5, 5.41) is 26.3. The van der Waals surface area contributed by atoms with Crippen molar-refractivity contribution in [2.24, 2.45) is 0 Å². The Morgan fingerprint density at radius 1 is 1.06 bits per heavy atom. The number of ether oxygens (including phenoxy) is 2. The number of nitro benzene ring substituents is 2. The zero-order valence-corrected chi connectivity index (χ0v) is 21.5. The third kappa shape index (κ3) is 6.24. The van der Waals surface area contributed by atoms with Crippen LogP contribution >= 0.6 is 50.1 Å². The van der Waals surface area contributed by atoms with Gasteiger partial charge in [-0.3, -0.25) is 20.2 Å². The minimum Gasteiger partial charge on any atom is -0.490 e. The van der Waals surface area contributed by atoms with E-state index >= 15 is 0 Å². The Hall–Kier alpha value is -2.64. The number of halogens is 3. The standard InChI is InChI=1S/C21H16BrClIN3O6/c1-2-32-20-8-12(11-25-13-3-5-15(22)16(23)9-13)7-17(24)21(20)33-19-6-4-14(26(28)29)10-18(19)27(30)31/h3-10,25H,2,11H2,1H3. The van der Waals surface area contributed by atoms with E-state index in [-0.39, 0.29) is 11.5 Å². The summed E-state index contributed by atoms with van der Waals surface area (Å²) in [7, 11) is 0. The van der Waals surface area contributed by atoms with Crippen LogP contribution in [0.5, 0.6) is 17.2 Å². The summed E-state index contributed by atoms with van der Waals surface area (Å²) in [6.07, 6.45) is 0. The van der Waals surface area contributed by atoms with Gasteiger partial charge in [-0.25, -0.2) is 0 Å². The number of nitrogens with one attached hydrogen (secondary N) is 1. The van der Waals surface area contributed by atoms with E-state index in [0.717, 1.165) is 27.9 Å². The van der Waals surface area contributed by atoms with E-state index in [1.807, 2.05) is 18.2 Å². The van der Waals surface area contributed by atoms with Crippen LogP contribution in [0.3, 0.4) is 0 Å². The van der Waals surface area contributed by atoms with Gasteiger partial charge < -0.3 is 14.8 Å². The summed E-state index contributed by atoms with van der Waals surface area (Å²) < 4.78 is 13.0. The van der Waals surface area contributed by atoms with Gasteiger partial charge in [0.25, 0.3) is 5.69 Å². The zero-order valence-electron chi connectivity index (χ0n) is 17.0. The highest BCUT2D eigenvalue weighted by atomic mass is 127. The van der Waals surface area contributed by atoms with Gasteiger partial charge in [0.1, 0.15) is 0 Å². The lowest BCUT2D eigenvalue weighted by Gasteiger charge is -2.16. The molecular formula is C21H16BrClIN3O6. The van der Waals surface area contributed by atoms with Crippen molar-refractivity contribution >= 4 is 67.2 Å². The van der Waals surface area contributed by atoms with Crippen LogP contribution in [0, 0.1) is 23.8 Å². The second-order valence-corrected chi connectivity index (χ2v) is 9.01. The van der Waals surface area contributed by atoms with Crippen LogP contribution in [0.25, 0.3) is 0 Å². The first-order valence-corrected chi connectivity index (χ1v) is 11.7. The van der Waals surface area contributed by atoms with E-state index in [9.17, 15) is 20.2 Å². The summed E-state index contributed by atoms with van der Waals surface area (Å²) in [5.41, 5.74) is 0.800. The summed E-state index contributed by atoms with van der Waals surface area (Å²) in [4.78, 5) is 21.0. The normalized spacial score (nSPS) is 10.5. The molecule has 0 fully saturated rings. The second kappa shape index (κ2) is 11.0. The molecule has 3 aromatic carbocycles. The highest BCUT2D eigenvalue weighted by Crippen LogP contribution is 2.41. The minimum absolute atomic E-state index is 0.125. The predicted molar refractivity (Wildman–Crippen MR) is 137 cm³/mol. The Labute approximate surface area is 215 Å². The summed E-state index contributed by atoms with van der Waals surface area (Å²) in [6, 6.07) is 12.4. The Balaban J connectivity index is 1.90. The van der Waals surface area contributed by atoms with Gasteiger partial charge >= 0.3 is 5.69 Å². The molecule has 0 aliphatic heterocycles. The van der Waals surface area contributed by atoms with Crippen LogP contribution < -0.4 is 14.8 Å². The fourth-order valence-corrected chi connectivity index (χ4v) is 4.06. The molecule has 0 atom stereocenters. The Morgan fingerprint density at radius 2 is 1.82 bits per heavy atom. The number of rotatable bonds is 9. The second-order valence-electron chi connectivity index (χ2n) is 6.59. The van der Waals surface area contributed by atoms with Crippen molar-refractivity contribution in [3.63, 3.8) is 0 Å². The fraction of sp³-hybridized carbons (Fsp3) is 0.143. The molecule has 0 unspecified atom stereocenters. The highest BCUT2D eigenvalue weighted by Gasteiger charge is 2.23. The smallest absolute Gasteiger partial charge is 0.318 e. The van der Waals surface area contributed by atoms with Crippen molar-refractivity contribution < 1.29 is 19.3 Å². The number of nitro groups is 2. The average molecular weight is 649 g/mol. The first-order chi connectivity index (χ1) is 15.7. The number of anilines is 1. The van der Waals surface area contributed by atoms with Gasteiger partial charge in [0.2, 0.25) is 5.75 Å². The maximum absolute atomic E-state index is 11.5. The molecule has 0 aliphatic carbocycles. The summed E-state index contributed by atoms with van der Waals surface area (Å²) in [6.45, 7) is 2.61. The molecule has 3 rings (SSSR count). The lowest BCUT2D eigenvalue weighted by molar-refractivity contribution is -0.394. The third-order valence-corrected chi connectivity index (χ3v) is 6.38. The van der Waals surface area contributed by atoms with Crippen molar-refractivity contribution in [1.29, 1.82) is 0 Å². The first kappa shape index (κ1) is 25.0. The lowest BCUT2D eigenvalue weighted by atomic mass is 10.2. The molecule has 172 valence electrons. The van der Waals surface area contributed by atoms with Crippen LogP contribution in [-0.2, 0) is 6.54 Å². The maximum Gasteiger partial charge on any atom is 0.318 e. The number of hydrogen-bond donors (Lipinski definition) is 1. The quantitative estimate of drug-likeness (QED) is 0.147. The monoisotopic (exact) mass is 647 g/mol. The van der Waals surface area contributed by atoms with Gasteiger partial charge in [-0.1, -0.05) is 11.6 Å². The van der Waals surface area contributed by atoms with Crippen molar-refractivity contribution in [2.45, 2.75) is 13.5 Å². The van der Waals surface area contributed by atoms with Crippen LogP contribution in [0.4, 0.5) is 17.1 Å². The molecule has 0 aromatic heterocycles. The molecule has 0 aliphatic rings. The van der Waals surface area contributed by atoms with E-state index in [1.54, 1.807) is 19.1 Å². The largest absolute Gasteiger partial charge is 0.490 e. The first-order valence-electron chi connectivity index (χ1n) is 9.44. The third-order valence-electron chi connectivity index (χ3n) is 4.35. The highest BCUT2D eigenvalue weighted by molar-refractivity contribution is 14.1. The van der Waals surface area contributed by atoms with Crippen LogP contribution in [0.1, 0.15) is 12.5 Å². The molecule has 0 amide bonds. The van der Waals surface area contributed by atoms with Gasteiger partial charge in [0, 0.05) is 22.8 Å². The van der Waals surface area contributed by atoms with E-state index in [0.29, 0.717) is 27.5 Å². The van der Waals surface area contributed by atoms with Gasteiger partial charge in [0.15, 0.2) is 11.5 Å². The SMILES string of the molecule is CCOc1cc(CNc2ccc(Br)c(Cl)c2)cc(I)c1Oc1ccc([N+](=O)[O-])cc1[N+](=O)[O-]. The van der Waals surface area contributed by atoms with E-state index in [1.165, 1.54) is 6.07 Å². The molecule has 0 spiro atoms. The van der Waals surface area contributed by atoms with E-state index < -0.39 is 21.2 Å². The molecule has 0 bridgehead atoms. The number of nitrogens with zero attached hydrogens (tertiary/aromatic N) is 2. The van der Waals surface area contributed by atoms with Gasteiger partial charge in [-0.15, -0.1) is 0 Å². The predicted octanol–water partition coefficient (Wildman–Crippen LogP) is 7.33. The summed E-state index contributed by atoms with van der Waals surface area (Å²) in [5.74, 6) is 0.548. The molecule has 0 heterocycles. The van der Waals surface area contributed by atoms with Crippen LogP contribution in [-0.4, -0.2) is 16.5 Å². The average Bonchev–Trinajstić information content (AvgIpc) is 2.77. The molecule has 1 N–H and O–H groups in total. The van der Waals surface area contributed by atoms with Crippen LogP contribution in [0.15, 0.2) is 53.0 Å². The van der Waals surface area contributed by atoms with Gasteiger partial charge in [-0.2, -0.15) is 0 Å². The van der Waals surface area contributed by atoms with Crippen molar-refractivity contribution in [2.75, 3.05) is 11.9 Å². The van der Waals surface area contributed by atoms with Gasteiger partial charge in [0.05, 0.1) is 31.1 Å².